The molecule has 204 valence electrons. The number of hydrogen-bond donors (Lipinski definition) is 1. The van der Waals surface area contributed by atoms with Crippen molar-refractivity contribution in [1.82, 2.24) is 4.31 Å². The van der Waals surface area contributed by atoms with Crippen LogP contribution in [0, 0.1) is 5.92 Å². The smallest absolute Gasteiger partial charge is 0.324 e. The minimum absolute atomic E-state index is 0.190. The normalized spacial score (nSPS) is 20.2. The topological polar surface area (TPSA) is 103 Å². The van der Waals surface area contributed by atoms with Crippen molar-refractivity contribution in [3.05, 3.63) is 48.0 Å². The summed E-state index contributed by atoms with van der Waals surface area (Å²) < 4.78 is 52.6. The van der Waals surface area contributed by atoms with E-state index in [2.05, 4.69) is 16.9 Å². The number of nitrogens with one attached hydrogen (secondary N) is 1. The molecule has 1 fully saturated rings. The third kappa shape index (κ3) is 7.07. The Morgan fingerprint density at radius 3 is 2.22 bits per heavy atom. The highest BCUT2D eigenvalue weighted by Crippen LogP contribution is 2.41. The molecule has 1 unspecified atom stereocenters. The van der Waals surface area contributed by atoms with Gasteiger partial charge in [0, 0.05) is 18.2 Å². The van der Waals surface area contributed by atoms with Crippen molar-refractivity contribution in [2.75, 3.05) is 32.7 Å². The van der Waals surface area contributed by atoms with Crippen LogP contribution in [0.2, 0.25) is 0 Å². The number of rotatable bonds is 12. The van der Waals surface area contributed by atoms with Crippen LogP contribution in [0.1, 0.15) is 45.1 Å². The predicted octanol–water partition coefficient (Wildman–Crippen LogP) is 4.42. The summed E-state index contributed by atoms with van der Waals surface area (Å²) in [5.41, 5.74) is 1.46. The molecule has 0 amide bonds. The van der Waals surface area contributed by atoms with E-state index in [0.29, 0.717) is 30.1 Å². The predicted molar refractivity (Wildman–Crippen MR) is 142 cm³/mol. The lowest BCUT2D eigenvalue weighted by atomic mass is 9.89. The first-order valence-electron chi connectivity index (χ1n) is 12.5. The lowest BCUT2D eigenvalue weighted by Gasteiger charge is -2.41. The molecule has 10 heteroatoms. The van der Waals surface area contributed by atoms with Gasteiger partial charge in [0.15, 0.2) is 11.5 Å². The summed E-state index contributed by atoms with van der Waals surface area (Å²) in [4.78, 5) is 13.2. The first-order chi connectivity index (χ1) is 17.7. The Balaban J connectivity index is 1.72. The molecule has 9 nitrogen and oxygen atoms in total. The fourth-order valence-electron chi connectivity index (χ4n) is 4.71. The SMILES string of the molecule is COc1cc(NS(=O)(=O)N2[C@H](C)CCC(C)[C@H]2C(=O)OCCCCc2ccccc2)cc(OC)c1OC. The molecule has 0 spiro atoms. The van der Waals surface area contributed by atoms with Gasteiger partial charge in [0.2, 0.25) is 5.75 Å². The van der Waals surface area contributed by atoms with Gasteiger partial charge in [0.25, 0.3) is 0 Å². The zero-order chi connectivity index (χ0) is 27.0. The van der Waals surface area contributed by atoms with E-state index in [1.54, 1.807) is 6.92 Å². The number of methoxy groups -OCH3 is 3. The molecule has 1 N–H and O–H groups in total. The van der Waals surface area contributed by atoms with Gasteiger partial charge in [-0.3, -0.25) is 9.52 Å². The van der Waals surface area contributed by atoms with Crippen LogP contribution in [0.15, 0.2) is 42.5 Å². The molecule has 0 radical (unpaired) electrons. The number of aryl methyl sites for hydroxylation is 1. The van der Waals surface area contributed by atoms with Crippen LogP contribution < -0.4 is 18.9 Å². The van der Waals surface area contributed by atoms with Crippen LogP contribution in [-0.2, 0) is 26.2 Å². The Morgan fingerprint density at radius 1 is 0.973 bits per heavy atom. The lowest BCUT2D eigenvalue weighted by molar-refractivity contribution is -0.152. The monoisotopic (exact) mass is 534 g/mol. The maximum absolute atomic E-state index is 13.6. The summed E-state index contributed by atoms with van der Waals surface area (Å²) >= 11 is 0. The van der Waals surface area contributed by atoms with Crippen LogP contribution in [0.25, 0.3) is 0 Å². The maximum Gasteiger partial charge on any atom is 0.324 e. The van der Waals surface area contributed by atoms with E-state index >= 15 is 0 Å². The van der Waals surface area contributed by atoms with E-state index in [-0.39, 0.29) is 24.3 Å². The van der Waals surface area contributed by atoms with Crippen molar-refractivity contribution in [2.24, 2.45) is 5.92 Å². The zero-order valence-electron chi connectivity index (χ0n) is 22.2. The molecule has 1 saturated heterocycles. The number of hydrogen-bond acceptors (Lipinski definition) is 7. The molecule has 0 bridgehead atoms. The molecule has 1 aliphatic rings. The number of benzene rings is 2. The largest absolute Gasteiger partial charge is 0.493 e. The number of esters is 1. The van der Waals surface area contributed by atoms with Gasteiger partial charge in [-0.2, -0.15) is 12.7 Å². The molecule has 1 aliphatic heterocycles. The van der Waals surface area contributed by atoms with Gasteiger partial charge in [-0.15, -0.1) is 0 Å². The highest BCUT2D eigenvalue weighted by Gasteiger charge is 2.45. The number of carbonyl (C=O) groups is 1. The van der Waals surface area contributed by atoms with Gasteiger partial charge in [-0.1, -0.05) is 37.3 Å². The Labute approximate surface area is 220 Å². The Morgan fingerprint density at radius 2 is 1.62 bits per heavy atom. The minimum atomic E-state index is -4.12. The number of nitrogens with zero attached hydrogens (tertiary/aromatic N) is 1. The number of anilines is 1. The van der Waals surface area contributed by atoms with E-state index in [1.807, 2.05) is 25.1 Å². The zero-order valence-corrected chi connectivity index (χ0v) is 23.0. The van der Waals surface area contributed by atoms with Gasteiger partial charge in [0.1, 0.15) is 6.04 Å². The summed E-state index contributed by atoms with van der Waals surface area (Å²) in [7, 11) is 0.257. The van der Waals surface area contributed by atoms with E-state index < -0.39 is 22.2 Å². The van der Waals surface area contributed by atoms with Crippen molar-refractivity contribution >= 4 is 21.9 Å². The van der Waals surface area contributed by atoms with Gasteiger partial charge in [-0.25, -0.2) is 0 Å². The van der Waals surface area contributed by atoms with Gasteiger partial charge in [0.05, 0.1) is 33.6 Å². The summed E-state index contributed by atoms with van der Waals surface area (Å²) in [6.45, 7) is 3.94. The second kappa shape index (κ2) is 13.0. The van der Waals surface area contributed by atoms with E-state index in [9.17, 15) is 13.2 Å². The molecule has 0 aromatic heterocycles. The molecule has 2 aromatic carbocycles. The fourth-order valence-corrected chi connectivity index (χ4v) is 6.41. The molecule has 37 heavy (non-hydrogen) atoms. The second-order valence-electron chi connectivity index (χ2n) is 9.31. The van der Waals surface area contributed by atoms with Crippen LogP contribution >= 0.6 is 0 Å². The molecule has 1 heterocycles. The average Bonchev–Trinajstić information content (AvgIpc) is 2.89. The average molecular weight is 535 g/mol. The standard InChI is InChI=1S/C27H38N2O7S/c1-19-14-15-20(2)29(25(19)27(30)36-16-10-9-13-21-11-7-6-8-12-21)37(31,32)28-22-17-23(33-3)26(35-5)24(18-22)34-4/h6-8,11-12,17-20,25,28H,9-10,13-16H2,1-5H3/t19?,20-,25+/m1/s1. The summed E-state index contributed by atoms with van der Waals surface area (Å²) in [6.07, 6.45) is 3.84. The van der Waals surface area contributed by atoms with Crippen LogP contribution in [-0.4, -0.2) is 58.7 Å². The van der Waals surface area contributed by atoms with Crippen LogP contribution in [0.4, 0.5) is 5.69 Å². The van der Waals surface area contributed by atoms with Gasteiger partial charge < -0.3 is 18.9 Å². The molecule has 0 saturated carbocycles. The molecule has 3 atom stereocenters. The third-order valence-electron chi connectivity index (χ3n) is 6.66. The molecular weight excluding hydrogens is 496 g/mol. The molecule has 3 rings (SSSR count). The second-order valence-corrected chi connectivity index (χ2v) is 10.9. The fraction of sp³-hybridized carbons (Fsp3) is 0.519. The van der Waals surface area contributed by atoms with Gasteiger partial charge >= 0.3 is 16.2 Å². The van der Waals surface area contributed by atoms with Crippen molar-refractivity contribution in [3.8, 4) is 17.2 Å². The number of piperidine rings is 1. The summed E-state index contributed by atoms with van der Waals surface area (Å²) in [5.74, 6) is 0.261. The minimum Gasteiger partial charge on any atom is -0.493 e. The lowest BCUT2D eigenvalue weighted by Crippen LogP contribution is -2.57. The maximum atomic E-state index is 13.6. The third-order valence-corrected chi connectivity index (χ3v) is 8.30. The van der Waals surface area contributed by atoms with Crippen LogP contribution in [0.3, 0.4) is 0 Å². The first-order valence-corrected chi connectivity index (χ1v) is 14.0. The first kappa shape index (κ1) is 28.6. The number of carbonyl (C=O) groups excluding carboxylic acids is 1. The molecule has 0 aliphatic carbocycles. The Bertz CT molecular complexity index is 1120. The molecule has 2 aromatic rings. The quantitative estimate of drug-likeness (QED) is 0.317. The van der Waals surface area contributed by atoms with Crippen molar-refractivity contribution < 1.29 is 32.2 Å². The van der Waals surface area contributed by atoms with Crippen molar-refractivity contribution in [2.45, 2.75) is 58.0 Å². The highest BCUT2D eigenvalue weighted by atomic mass is 32.2. The molecular formula is C27H38N2O7S. The number of ether oxygens (including phenoxy) is 4. The van der Waals surface area contributed by atoms with Crippen molar-refractivity contribution in [3.63, 3.8) is 0 Å². The van der Waals surface area contributed by atoms with Crippen molar-refractivity contribution in [1.29, 1.82) is 0 Å². The summed E-state index contributed by atoms with van der Waals surface area (Å²) in [5, 5.41) is 0. The Hall–Kier alpha value is -2.98. The van der Waals surface area contributed by atoms with Gasteiger partial charge in [-0.05, 0) is 50.5 Å². The highest BCUT2D eigenvalue weighted by molar-refractivity contribution is 7.90. The summed E-state index contributed by atoms with van der Waals surface area (Å²) in [6, 6.07) is 11.8. The van der Waals surface area contributed by atoms with Crippen LogP contribution in [0.5, 0.6) is 17.2 Å². The number of unbranched alkanes of at least 4 members (excludes halogenated alkanes) is 1. The van der Waals surface area contributed by atoms with E-state index in [4.69, 9.17) is 18.9 Å². The Kier molecular flexibility index (Phi) is 10.0. The van der Waals surface area contributed by atoms with E-state index in [1.165, 1.54) is 43.3 Å². The van der Waals surface area contributed by atoms with E-state index in [0.717, 1.165) is 19.3 Å².